The smallest absolute Gasteiger partial charge is 0.322 e. The van der Waals surface area contributed by atoms with Gasteiger partial charge in [-0.2, -0.15) is 0 Å². The van der Waals surface area contributed by atoms with E-state index in [1.165, 1.54) is 5.56 Å². The number of nitrogens with one attached hydrogen (secondary N) is 1. The normalized spacial score (nSPS) is 10.7. The van der Waals surface area contributed by atoms with E-state index in [2.05, 4.69) is 46.7 Å². The zero-order valence-electron chi connectivity index (χ0n) is 16.7. The first-order valence-electron chi connectivity index (χ1n) is 9.63. The van der Waals surface area contributed by atoms with E-state index >= 15 is 0 Å². The van der Waals surface area contributed by atoms with Gasteiger partial charge in [0.15, 0.2) is 0 Å². The number of hydrogen-bond acceptors (Lipinski definition) is 6. The molecule has 0 aliphatic heterocycles. The maximum absolute atomic E-state index is 12.1. The number of benzene rings is 2. The maximum atomic E-state index is 12.1. The molecule has 0 radical (unpaired) electrons. The van der Waals surface area contributed by atoms with E-state index in [0.29, 0.717) is 18.7 Å². The van der Waals surface area contributed by atoms with Crippen molar-refractivity contribution in [2.24, 2.45) is 0 Å². The number of hydrogen-bond donors (Lipinski definition) is 1. The lowest BCUT2D eigenvalue weighted by Gasteiger charge is -2.03. The molecular formula is C22H25N3O3S. The minimum absolute atomic E-state index is 0.122. The Morgan fingerprint density at radius 2 is 1.79 bits per heavy atom. The second kappa shape index (κ2) is 10.7. The first-order chi connectivity index (χ1) is 14.2. The fourth-order valence-corrected chi connectivity index (χ4v) is 3.57. The van der Waals surface area contributed by atoms with Crippen LogP contribution in [0.1, 0.15) is 36.8 Å². The molecule has 3 rings (SSSR count). The molecule has 0 saturated heterocycles. The number of carbonyl (C=O) groups excluding carboxylic acids is 1. The van der Waals surface area contributed by atoms with E-state index in [9.17, 15) is 4.79 Å². The Kier molecular flexibility index (Phi) is 7.69. The predicted octanol–water partition coefficient (Wildman–Crippen LogP) is 4.74. The fraction of sp³-hybridized carbons (Fsp3) is 0.318. The van der Waals surface area contributed by atoms with Crippen molar-refractivity contribution in [3.63, 3.8) is 0 Å². The largest absolute Gasteiger partial charge is 0.497 e. The maximum Gasteiger partial charge on any atom is 0.322 e. The standard InChI is InChI=1S/C22H25N3O3S/c1-3-16-6-8-17(9-7-16)15-21-24-25-22(28-21)23-20(26)5-4-14-29-19-12-10-18(27-2)11-13-19/h6-13H,3-5,14-15H2,1-2H3,(H,23,25,26). The lowest BCUT2D eigenvalue weighted by atomic mass is 10.1. The number of rotatable bonds is 10. The van der Waals surface area contributed by atoms with Crippen LogP contribution in [0.2, 0.25) is 0 Å². The number of aryl methyl sites for hydroxylation is 1. The van der Waals surface area contributed by atoms with E-state index in [1.54, 1.807) is 18.9 Å². The lowest BCUT2D eigenvalue weighted by Crippen LogP contribution is -2.11. The SMILES string of the molecule is CCc1ccc(Cc2nnc(NC(=O)CCCSc3ccc(OC)cc3)o2)cc1. The summed E-state index contributed by atoms with van der Waals surface area (Å²) in [5.41, 5.74) is 2.39. The topological polar surface area (TPSA) is 77.2 Å². The van der Waals surface area contributed by atoms with Crippen LogP contribution in [0.3, 0.4) is 0 Å². The average molecular weight is 412 g/mol. The minimum atomic E-state index is -0.122. The Morgan fingerprint density at radius 3 is 2.48 bits per heavy atom. The molecule has 1 heterocycles. The lowest BCUT2D eigenvalue weighted by molar-refractivity contribution is -0.116. The van der Waals surface area contributed by atoms with Gasteiger partial charge >= 0.3 is 6.01 Å². The molecule has 0 aliphatic carbocycles. The highest BCUT2D eigenvalue weighted by Crippen LogP contribution is 2.22. The summed E-state index contributed by atoms with van der Waals surface area (Å²) in [4.78, 5) is 13.2. The second-order valence-electron chi connectivity index (χ2n) is 6.52. The molecule has 152 valence electrons. The first kappa shape index (κ1) is 20.9. The highest BCUT2D eigenvalue weighted by atomic mass is 32.2. The number of methoxy groups -OCH3 is 1. The Morgan fingerprint density at radius 1 is 1.07 bits per heavy atom. The third kappa shape index (κ3) is 6.64. The van der Waals surface area contributed by atoms with E-state index < -0.39 is 0 Å². The number of amides is 1. The molecule has 2 aromatic carbocycles. The molecule has 1 amide bonds. The summed E-state index contributed by atoms with van der Waals surface area (Å²) in [7, 11) is 1.65. The molecule has 0 bridgehead atoms. The Labute approximate surface area is 175 Å². The van der Waals surface area contributed by atoms with Crippen LogP contribution in [-0.4, -0.2) is 29.0 Å². The van der Waals surface area contributed by atoms with Crippen molar-refractivity contribution in [2.45, 2.75) is 37.5 Å². The first-order valence-corrected chi connectivity index (χ1v) is 10.6. The van der Waals surface area contributed by atoms with Gasteiger partial charge in [0.25, 0.3) is 0 Å². The summed E-state index contributed by atoms with van der Waals surface area (Å²) in [6, 6.07) is 16.3. The molecule has 0 aliphatic rings. The van der Waals surface area contributed by atoms with Gasteiger partial charge in [-0.15, -0.1) is 16.9 Å². The monoisotopic (exact) mass is 411 g/mol. The molecule has 0 unspecified atom stereocenters. The Hall–Kier alpha value is -2.80. The number of anilines is 1. The Balaban J connectivity index is 1.38. The minimum Gasteiger partial charge on any atom is -0.497 e. The number of carbonyl (C=O) groups is 1. The summed E-state index contributed by atoms with van der Waals surface area (Å²) < 4.78 is 10.7. The molecule has 3 aromatic rings. The van der Waals surface area contributed by atoms with E-state index in [-0.39, 0.29) is 11.9 Å². The third-order valence-corrected chi connectivity index (χ3v) is 5.47. The number of ether oxygens (including phenoxy) is 1. The van der Waals surface area contributed by atoms with Gasteiger partial charge in [-0.05, 0) is 54.0 Å². The zero-order valence-corrected chi connectivity index (χ0v) is 17.5. The summed E-state index contributed by atoms with van der Waals surface area (Å²) in [5.74, 6) is 2.05. The van der Waals surface area contributed by atoms with Crippen LogP contribution in [0, 0.1) is 0 Å². The number of nitrogens with zero attached hydrogens (tertiary/aromatic N) is 2. The molecule has 0 saturated carbocycles. The summed E-state index contributed by atoms with van der Waals surface area (Å²) in [5, 5.41) is 10.6. The van der Waals surface area contributed by atoms with Crippen LogP contribution in [0.4, 0.5) is 6.01 Å². The summed E-state index contributed by atoms with van der Waals surface area (Å²) in [6.07, 6.45) is 2.72. The van der Waals surface area contributed by atoms with Gasteiger partial charge in [0.1, 0.15) is 5.75 Å². The van der Waals surface area contributed by atoms with Gasteiger partial charge in [-0.25, -0.2) is 0 Å². The van der Waals surface area contributed by atoms with Gasteiger partial charge in [-0.3, -0.25) is 10.1 Å². The molecule has 7 heteroatoms. The van der Waals surface area contributed by atoms with Crippen molar-refractivity contribution in [3.8, 4) is 5.75 Å². The van der Waals surface area contributed by atoms with Gasteiger partial charge in [0.05, 0.1) is 13.5 Å². The van der Waals surface area contributed by atoms with E-state index in [0.717, 1.165) is 34.8 Å². The molecule has 0 fully saturated rings. The predicted molar refractivity (Wildman–Crippen MR) is 115 cm³/mol. The van der Waals surface area contributed by atoms with Crippen LogP contribution in [0.5, 0.6) is 5.75 Å². The quantitative estimate of drug-likeness (QED) is 0.383. The van der Waals surface area contributed by atoms with Gasteiger partial charge in [0, 0.05) is 11.3 Å². The summed E-state index contributed by atoms with van der Waals surface area (Å²) >= 11 is 1.71. The zero-order chi connectivity index (χ0) is 20.5. The Bertz CT molecular complexity index is 908. The van der Waals surface area contributed by atoms with Crippen molar-refractivity contribution < 1.29 is 13.9 Å². The van der Waals surface area contributed by atoms with Crippen LogP contribution < -0.4 is 10.1 Å². The summed E-state index contributed by atoms with van der Waals surface area (Å²) in [6.45, 7) is 2.12. The second-order valence-corrected chi connectivity index (χ2v) is 7.69. The van der Waals surface area contributed by atoms with Gasteiger partial charge in [0.2, 0.25) is 11.8 Å². The molecule has 29 heavy (non-hydrogen) atoms. The van der Waals surface area contributed by atoms with Crippen LogP contribution in [-0.2, 0) is 17.6 Å². The molecule has 1 aromatic heterocycles. The molecular weight excluding hydrogens is 386 g/mol. The van der Waals surface area contributed by atoms with Crippen molar-refractivity contribution in [2.75, 3.05) is 18.2 Å². The van der Waals surface area contributed by atoms with Crippen molar-refractivity contribution in [3.05, 3.63) is 65.5 Å². The van der Waals surface area contributed by atoms with E-state index in [4.69, 9.17) is 9.15 Å². The van der Waals surface area contributed by atoms with Crippen LogP contribution in [0.25, 0.3) is 0 Å². The number of thioether (sulfide) groups is 1. The number of aromatic nitrogens is 2. The van der Waals surface area contributed by atoms with Crippen molar-refractivity contribution in [1.29, 1.82) is 0 Å². The fourth-order valence-electron chi connectivity index (χ4n) is 2.72. The third-order valence-electron chi connectivity index (χ3n) is 4.38. The molecule has 0 spiro atoms. The van der Waals surface area contributed by atoms with Gasteiger partial charge < -0.3 is 9.15 Å². The van der Waals surface area contributed by atoms with Crippen LogP contribution in [0.15, 0.2) is 57.8 Å². The highest BCUT2D eigenvalue weighted by Gasteiger charge is 2.10. The van der Waals surface area contributed by atoms with Crippen LogP contribution >= 0.6 is 11.8 Å². The molecule has 1 N–H and O–H groups in total. The average Bonchev–Trinajstić information content (AvgIpc) is 3.18. The van der Waals surface area contributed by atoms with Gasteiger partial charge in [-0.1, -0.05) is 36.3 Å². The van der Waals surface area contributed by atoms with E-state index in [1.807, 2.05) is 24.3 Å². The van der Waals surface area contributed by atoms with Crippen molar-refractivity contribution in [1.82, 2.24) is 10.2 Å². The highest BCUT2D eigenvalue weighted by molar-refractivity contribution is 7.99. The van der Waals surface area contributed by atoms with Crippen molar-refractivity contribution >= 4 is 23.7 Å². The molecule has 0 atom stereocenters. The molecule has 6 nitrogen and oxygen atoms in total.